The molecule has 0 saturated carbocycles. The molecular formula is C14H15N3OS. The van der Waals surface area contributed by atoms with Crippen molar-refractivity contribution < 1.29 is 4.79 Å². The van der Waals surface area contributed by atoms with Crippen molar-refractivity contribution >= 4 is 22.2 Å². The molecule has 2 N–H and O–H groups in total. The first-order valence-electron chi connectivity index (χ1n) is 6.27. The third-order valence-corrected chi connectivity index (χ3v) is 4.47. The molecule has 0 saturated heterocycles. The molecule has 3 rings (SSSR count). The number of hydrogen-bond donors (Lipinski definition) is 2. The molecule has 2 aromatic rings. The van der Waals surface area contributed by atoms with Gasteiger partial charge in [0.05, 0.1) is 11.3 Å². The number of amides is 1. The minimum Gasteiger partial charge on any atom is -0.351 e. The average molecular weight is 273 g/mol. The number of pyridine rings is 1. The van der Waals surface area contributed by atoms with Crippen LogP contribution in [-0.2, 0) is 0 Å². The number of hydrogen-bond acceptors (Lipinski definition) is 4. The number of nitrogens with zero attached hydrogens (tertiary/aromatic N) is 1. The van der Waals surface area contributed by atoms with Crippen LogP contribution in [0, 0.1) is 0 Å². The van der Waals surface area contributed by atoms with Crippen LogP contribution in [0.25, 0.3) is 0 Å². The zero-order valence-corrected chi connectivity index (χ0v) is 11.6. The van der Waals surface area contributed by atoms with Gasteiger partial charge in [-0.1, -0.05) is 19.9 Å². The Hall–Kier alpha value is -1.88. The van der Waals surface area contributed by atoms with Crippen molar-refractivity contribution in [1.82, 2.24) is 10.3 Å². The van der Waals surface area contributed by atoms with E-state index in [0.717, 1.165) is 16.3 Å². The Labute approximate surface area is 115 Å². The van der Waals surface area contributed by atoms with Crippen LogP contribution >= 0.6 is 11.3 Å². The number of anilines is 1. The van der Waals surface area contributed by atoms with E-state index in [9.17, 15) is 4.79 Å². The largest absolute Gasteiger partial charge is 0.351 e. The van der Waals surface area contributed by atoms with Crippen molar-refractivity contribution in [3.8, 4) is 0 Å². The maximum absolute atomic E-state index is 12.1. The maximum Gasteiger partial charge on any atom is 0.256 e. The van der Waals surface area contributed by atoms with Crippen LogP contribution in [-0.4, -0.2) is 10.9 Å². The standard InChI is InChI=1S/C14H15N3OS/c1-8(2)11-7-9-13(18)16-12(17-14(9)19-11)10-5-3-4-6-15-10/h3-8,12,17H,1-2H3,(H,16,18)/t12-/m0/s1. The van der Waals surface area contributed by atoms with Crippen molar-refractivity contribution in [2.24, 2.45) is 0 Å². The van der Waals surface area contributed by atoms with E-state index in [1.807, 2.05) is 24.3 Å². The summed E-state index contributed by atoms with van der Waals surface area (Å²) in [5.74, 6) is 0.394. The maximum atomic E-state index is 12.1. The van der Waals surface area contributed by atoms with Crippen LogP contribution in [0.2, 0.25) is 0 Å². The molecule has 0 aromatic carbocycles. The molecule has 0 spiro atoms. The third-order valence-electron chi connectivity index (χ3n) is 3.10. The number of fused-ring (bicyclic) bond motifs is 1. The molecule has 0 radical (unpaired) electrons. The first-order valence-corrected chi connectivity index (χ1v) is 7.09. The molecule has 1 aliphatic rings. The van der Waals surface area contributed by atoms with E-state index >= 15 is 0 Å². The molecule has 0 bridgehead atoms. The van der Waals surface area contributed by atoms with Gasteiger partial charge in [0, 0.05) is 11.1 Å². The van der Waals surface area contributed by atoms with E-state index in [-0.39, 0.29) is 12.1 Å². The fraction of sp³-hybridized carbons (Fsp3) is 0.286. The van der Waals surface area contributed by atoms with Gasteiger partial charge in [0.2, 0.25) is 0 Å². The van der Waals surface area contributed by atoms with Crippen molar-refractivity contribution in [2.75, 3.05) is 5.32 Å². The number of thiophene rings is 1. The van der Waals surface area contributed by atoms with Gasteiger partial charge in [-0.2, -0.15) is 0 Å². The summed E-state index contributed by atoms with van der Waals surface area (Å²) in [6.45, 7) is 4.26. The van der Waals surface area contributed by atoms with Crippen LogP contribution in [0.1, 0.15) is 46.9 Å². The number of carbonyl (C=O) groups excluding carboxylic acids is 1. The predicted molar refractivity (Wildman–Crippen MR) is 76.5 cm³/mol. The smallest absolute Gasteiger partial charge is 0.256 e. The molecule has 4 nitrogen and oxygen atoms in total. The Kier molecular flexibility index (Phi) is 2.98. The van der Waals surface area contributed by atoms with Crippen molar-refractivity contribution in [1.29, 1.82) is 0 Å². The minimum atomic E-state index is -0.250. The normalized spacial score (nSPS) is 17.8. The second-order valence-corrected chi connectivity index (χ2v) is 5.94. The molecule has 1 atom stereocenters. The predicted octanol–water partition coefficient (Wildman–Crippen LogP) is 3.12. The van der Waals surface area contributed by atoms with E-state index in [1.54, 1.807) is 17.5 Å². The van der Waals surface area contributed by atoms with Crippen LogP contribution < -0.4 is 10.6 Å². The Morgan fingerprint density at radius 2 is 2.16 bits per heavy atom. The summed E-state index contributed by atoms with van der Waals surface area (Å²) in [6, 6.07) is 7.66. The fourth-order valence-electron chi connectivity index (χ4n) is 2.04. The number of nitrogens with one attached hydrogen (secondary N) is 2. The highest BCUT2D eigenvalue weighted by Crippen LogP contribution is 2.36. The molecule has 1 amide bonds. The molecule has 1 aliphatic heterocycles. The summed E-state index contributed by atoms with van der Waals surface area (Å²) in [5.41, 5.74) is 1.56. The van der Waals surface area contributed by atoms with Crippen molar-refractivity contribution in [2.45, 2.75) is 25.9 Å². The second-order valence-electron chi connectivity index (χ2n) is 4.85. The number of rotatable bonds is 2. The molecule has 0 fully saturated rings. The Morgan fingerprint density at radius 3 is 2.84 bits per heavy atom. The van der Waals surface area contributed by atoms with Crippen LogP contribution in [0.4, 0.5) is 5.00 Å². The first kappa shape index (κ1) is 12.2. The van der Waals surface area contributed by atoms with Gasteiger partial charge < -0.3 is 10.6 Å². The quantitative estimate of drug-likeness (QED) is 0.884. The average Bonchev–Trinajstić information content (AvgIpc) is 2.84. The van der Waals surface area contributed by atoms with E-state index in [4.69, 9.17) is 0 Å². The van der Waals surface area contributed by atoms with Gasteiger partial charge in [-0.3, -0.25) is 9.78 Å². The van der Waals surface area contributed by atoms with Crippen molar-refractivity contribution in [3.05, 3.63) is 46.6 Å². The summed E-state index contributed by atoms with van der Waals surface area (Å²) in [7, 11) is 0. The summed E-state index contributed by atoms with van der Waals surface area (Å²) >= 11 is 1.65. The Balaban J connectivity index is 1.94. The lowest BCUT2D eigenvalue weighted by atomic mass is 10.1. The van der Waals surface area contributed by atoms with Gasteiger partial charge in [-0.15, -0.1) is 11.3 Å². The highest BCUT2D eigenvalue weighted by molar-refractivity contribution is 7.16. The molecule has 98 valence electrons. The van der Waals surface area contributed by atoms with Gasteiger partial charge >= 0.3 is 0 Å². The van der Waals surface area contributed by atoms with E-state index < -0.39 is 0 Å². The van der Waals surface area contributed by atoms with Crippen LogP contribution in [0.3, 0.4) is 0 Å². The van der Waals surface area contributed by atoms with Crippen LogP contribution in [0.5, 0.6) is 0 Å². The number of aromatic nitrogens is 1. The summed E-state index contributed by atoms with van der Waals surface area (Å²) in [4.78, 5) is 17.6. The fourth-order valence-corrected chi connectivity index (χ4v) is 3.13. The Bertz CT molecular complexity index is 606. The molecule has 0 aliphatic carbocycles. The summed E-state index contributed by atoms with van der Waals surface area (Å²) in [6.07, 6.45) is 1.48. The first-order chi connectivity index (χ1) is 9.15. The van der Waals surface area contributed by atoms with Crippen LogP contribution in [0.15, 0.2) is 30.5 Å². The number of carbonyl (C=O) groups is 1. The lowest BCUT2D eigenvalue weighted by Crippen LogP contribution is -2.38. The molecule has 2 aromatic heterocycles. The minimum absolute atomic E-state index is 0.0347. The molecule has 19 heavy (non-hydrogen) atoms. The van der Waals surface area contributed by atoms with E-state index in [0.29, 0.717) is 5.92 Å². The lowest BCUT2D eigenvalue weighted by Gasteiger charge is -2.24. The summed E-state index contributed by atoms with van der Waals surface area (Å²) in [5, 5.41) is 7.21. The molecule has 3 heterocycles. The second kappa shape index (κ2) is 4.66. The van der Waals surface area contributed by atoms with E-state index in [1.165, 1.54) is 4.88 Å². The Morgan fingerprint density at radius 1 is 1.32 bits per heavy atom. The zero-order valence-electron chi connectivity index (χ0n) is 10.8. The summed E-state index contributed by atoms with van der Waals surface area (Å²) < 4.78 is 0. The monoisotopic (exact) mass is 273 g/mol. The zero-order chi connectivity index (χ0) is 13.4. The molecular weight excluding hydrogens is 258 g/mol. The molecule has 5 heteroatoms. The van der Waals surface area contributed by atoms with Gasteiger partial charge in [-0.05, 0) is 24.1 Å². The van der Waals surface area contributed by atoms with Crippen molar-refractivity contribution in [3.63, 3.8) is 0 Å². The van der Waals surface area contributed by atoms with Gasteiger partial charge in [0.1, 0.15) is 11.2 Å². The highest BCUT2D eigenvalue weighted by Gasteiger charge is 2.27. The highest BCUT2D eigenvalue weighted by atomic mass is 32.1. The SMILES string of the molecule is CC(C)c1cc2c(s1)N[C@@H](c1ccccn1)NC2=O. The lowest BCUT2D eigenvalue weighted by molar-refractivity contribution is 0.0935. The van der Waals surface area contributed by atoms with Gasteiger partial charge in [0.25, 0.3) is 5.91 Å². The topological polar surface area (TPSA) is 54.0 Å². The molecule has 0 unspecified atom stereocenters. The van der Waals surface area contributed by atoms with Gasteiger partial charge in [-0.25, -0.2) is 0 Å². The van der Waals surface area contributed by atoms with Gasteiger partial charge in [0.15, 0.2) is 0 Å². The van der Waals surface area contributed by atoms with E-state index in [2.05, 4.69) is 29.5 Å². The third kappa shape index (κ3) is 2.21.